The van der Waals surface area contributed by atoms with Crippen molar-refractivity contribution in [1.82, 2.24) is 14.9 Å². The first-order valence-corrected chi connectivity index (χ1v) is 11.0. The predicted molar refractivity (Wildman–Crippen MR) is 118 cm³/mol. The van der Waals surface area contributed by atoms with Gasteiger partial charge >= 0.3 is 6.61 Å². The highest BCUT2D eigenvalue weighted by Crippen LogP contribution is 2.42. The standard InChI is InChI=1S/C24H25F2N3O4/c1-13(16-10-22(30)27-11-16)32-21-9-15(7-18-23(21)29(12-28-18)17-4-5-17)14-3-6-19(33-24(25)26)20(8-14)31-2/h3,6-9,12-13,16-17,24H,4-5,10-11H2,1-2H3,(H,27,30). The van der Waals surface area contributed by atoms with E-state index in [0.717, 1.165) is 35.0 Å². The zero-order chi connectivity index (χ0) is 23.1. The van der Waals surface area contributed by atoms with Crippen molar-refractivity contribution < 1.29 is 27.8 Å². The Bertz CT molecular complexity index is 1190. The Kier molecular flexibility index (Phi) is 5.55. The van der Waals surface area contributed by atoms with Gasteiger partial charge in [0.15, 0.2) is 11.5 Å². The molecule has 2 aliphatic rings. The molecule has 1 aromatic heterocycles. The molecule has 2 heterocycles. The third kappa shape index (κ3) is 4.31. The van der Waals surface area contributed by atoms with Gasteiger partial charge in [-0.15, -0.1) is 0 Å². The molecule has 1 saturated carbocycles. The number of rotatable bonds is 8. The number of nitrogens with one attached hydrogen (secondary N) is 1. The number of carbonyl (C=O) groups is 1. The van der Waals surface area contributed by atoms with Crippen LogP contribution in [0.1, 0.15) is 32.2 Å². The smallest absolute Gasteiger partial charge is 0.387 e. The molecule has 2 atom stereocenters. The first kappa shape index (κ1) is 21.5. The molecule has 3 aromatic rings. The number of amides is 1. The summed E-state index contributed by atoms with van der Waals surface area (Å²) in [6, 6.07) is 9.13. The fraction of sp³-hybridized carbons (Fsp3) is 0.417. The normalized spacial score (nSPS) is 19.1. The van der Waals surface area contributed by atoms with Crippen molar-refractivity contribution in [3.63, 3.8) is 0 Å². The van der Waals surface area contributed by atoms with Crippen LogP contribution in [-0.4, -0.2) is 41.8 Å². The van der Waals surface area contributed by atoms with Gasteiger partial charge in [0.2, 0.25) is 5.91 Å². The van der Waals surface area contributed by atoms with Gasteiger partial charge in [0.25, 0.3) is 0 Å². The monoisotopic (exact) mass is 457 g/mol. The maximum atomic E-state index is 12.7. The third-order valence-electron chi connectivity index (χ3n) is 6.27. The van der Waals surface area contributed by atoms with Gasteiger partial charge in [-0.25, -0.2) is 4.98 Å². The average molecular weight is 457 g/mol. The van der Waals surface area contributed by atoms with Gasteiger partial charge in [0, 0.05) is 24.9 Å². The van der Waals surface area contributed by atoms with Crippen LogP contribution >= 0.6 is 0 Å². The minimum atomic E-state index is -2.94. The summed E-state index contributed by atoms with van der Waals surface area (Å²) in [4.78, 5) is 16.3. The van der Waals surface area contributed by atoms with Crippen LogP contribution in [0.25, 0.3) is 22.2 Å². The van der Waals surface area contributed by atoms with Gasteiger partial charge in [-0.3, -0.25) is 4.79 Å². The summed E-state index contributed by atoms with van der Waals surface area (Å²) < 4.78 is 43.8. The largest absolute Gasteiger partial charge is 0.493 e. The number of hydrogen-bond acceptors (Lipinski definition) is 5. The first-order valence-electron chi connectivity index (χ1n) is 11.0. The van der Waals surface area contributed by atoms with Gasteiger partial charge in [-0.1, -0.05) is 6.07 Å². The molecular formula is C24H25F2N3O4. The zero-order valence-corrected chi connectivity index (χ0v) is 18.4. The van der Waals surface area contributed by atoms with Gasteiger partial charge in [0.1, 0.15) is 17.4 Å². The van der Waals surface area contributed by atoms with Crippen LogP contribution in [0.3, 0.4) is 0 Å². The van der Waals surface area contributed by atoms with Crippen LogP contribution in [-0.2, 0) is 4.79 Å². The molecule has 1 saturated heterocycles. The lowest BCUT2D eigenvalue weighted by Crippen LogP contribution is -2.25. The molecule has 5 rings (SSSR count). The summed E-state index contributed by atoms with van der Waals surface area (Å²) in [6.45, 7) is -0.375. The lowest BCUT2D eigenvalue weighted by Gasteiger charge is -2.21. The summed E-state index contributed by atoms with van der Waals surface area (Å²) in [6.07, 6.45) is 4.30. The van der Waals surface area contributed by atoms with Gasteiger partial charge in [0.05, 0.1) is 19.0 Å². The van der Waals surface area contributed by atoms with Crippen molar-refractivity contribution in [3.05, 3.63) is 36.7 Å². The predicted octanol–water partition coefficient (Wildman–Crippen LogP) is 4.55. The maximum Gasteiger partial charge on any atom is 0.387 e. The topological polar surface area (TPSA) is 74.6 Å². The number of carbonyl (C=O) groups excluding carboxylic acids is 1. The molecule has 2 fully saturated rings. The Morgan fingerprint density at radius 2 is 1.88 bits per heavy atom. The summed E-state index contributed by atoms with van der Waals surface area (Å²) in [5.74, 6) is 0.988. The second-order valence-corrected chi connectivity index (χ2v) is 8.56. The van der Waals surface area contributed by atoms with Gasteiger partial charge in [-0.2, -0.15) is 8.78 Å². The van der Waals surface area contributed by atoms with Crippen molar-refractivity contribution >= 4 is 16.9 Å². The average Bonchev–Trinajstić information content (AvgIpc) is 3.39. The molecule has 33 heavy (non-hydrogen) atoms. The van der Waals surface area contributed by atoms with E-state index < -0.39 is 6.61 Å². The molecule has 7 nitrogen and oxygen atoms in total. The Morgan fingerprint density at radius 1 is 1.09 bits per heavy atom. The van der Waals surface area contributed by atoms with Crippen LogP contribution in [0, 0.1) is 5.92 Å². The minimum Gasteiger partial charge on any atom is -0.493 e. The van der Waals surface area contributed by atoms with Crippen LogP contribution in [0.5, 0.6) is 17.2 Å². The Balaban J connectivity index is 1.54. The summed E-state index contributed by atoms with van der Waals surface area (Å²) in [7, 11) is 1.41. The molecule has 9 heteroatoms. The Hall–Kier alpha value is -3.36. The van der Waals surface area contributed by atoms with E-state index in [1.165, 1.54) is 13.2 Å². The molecule has 1 N–H and O–H groups in total. The third-order valence-corrected chi connectivity index (χ3v) is 6.27. The molecule has 2 unspecified atom stereocenters. The number of imidazole rings is 1. The second-order valence-electron chi connectivity index (χ2n) is 8.56. The number of aromatic nitrogens is 2. The number of ether oxygens (including phenoxy) is 3. The SMILES string of the molecule is COc1cc(-c2cc(OC(C)C3CNC(=O)C3)c3c(c2)ncn3C2CC2)ccc1OC(F)F. The number of methoxy groups -OCH3 is 1. The number of hydrogen-bond donors (Lipinski definition) is 1. The van der Waals surface area contributed by atoms with Crippen molar-refractivity contribution in [1.29, 1.82) is 0 Å². The van der Waals surface area contributed by atoms with Crippen LogP contribution in [0.2, 0.25) is 0 Å². The zero-order valence-electron chi connectivity index (χ0n) is 18.4. The molecular weight excluding hydrogens is 432 g/mol. The van der Waals surface area contributed by atoms with Crippen molar-refractivity contribution in [2.75, 3.05) is 13.7 Å². The van der Waals surface area contributed by atoms with Gasteiger partial charge in [-0.05, 0) is 55.2 Å². The van der Waals surface area contributed by atoms with E-state index in [-0.39, 0.29) is 29.4 Å². The second kappa shape index (κ2) is 8.53. The highest BCUT2D eigenvalue weighted by Gasteiger charge is 2.30. The summed E-state index contributed by atoms with van der Waals surface area (Å²) >= 11 is 0. The van der Waals surface area contributed by atoms with Crippen molar-refractivity contribution in [2.24, 2.45) is 5.92 Å². The van der Waals surface area contributed by atoms with E-state index in [1.807, 2.05) is 25.4 Å². The first-order chi connectivity index (χ1) is 15.9. The highest BCUT2D eigenvalue weighted by atomic mass is 19.3. The molecule has 1 amide bonds. The van der Waals surface area contributed by atoms with E-state index in [1.54, 1.807) is 12.1 Å². The van der Waals surface area contributed by atoms with Crippen LogP contribution in [0.15, 0.2) is 36.7 Å². The quantitative estimate of drug-likeness (QED) is 0.537. The molecule has 1 aliphatic heterocycles. The number of alkyl halides is 2. The minimum absolute atomic E-state index is 0.0289. The summed E-state index contributed by atoms with van der Waals surface area (Å²) in [5, 5.41) is 2.86. The molecule has 2 aromatic carbocycles. The molecule has 174 valence electrons. The van der Waals surface area contributed by atoms with E-state index in [2.05, 4.69) is 19.6 Å². The van der Waals surface area contributed by atoms with Crippen molar-refractivity contribution in [2.45, 2.75) is 44.9 Å². The van der Waals surface area contributed by atoms with Gasteiger partial charge < -0.3 is 24.1 Å². The van der Waals surface area contributed by atoms with Crippen LogP contribution in [0.4, 0.5) is 8.78 Å². The Labute approximate surface area is 189 Å². The number of halogens is 2. The highest BCUT2D eigenvalue weighted by molar-refractivity contribution is 5.88. The lowest BCUT2D eigenvalue weighted by molar-refractivity contribution is -0.119. The summed E-state index contributed by atoms with van der Waals surface area (Å²) in [5.41, 5.74) is 3.28. The number of fused-ring (bicyclic) bond motifs is 1. The fourth-order valence-corrected chi connectivity index (χ4v) is 4.32. The van der Waals surface area contributed by atoms with Crippen LogP contribution < -0.4 is 19.5 Å². The van der Waals surface area contributed by atoms with E-state index in [9.17, 15) is 13.6 Å². The van der Waals surface area contributed by atoms with E-state index in [4.69, 9.17) is 9.47 Å². The van der Waals surface area contributed by atoms with E-state index in [0.29, 0.717) is 24.8 Å². The fourth-order valence-electron chi connectivity index (χ4n) is 4.32. The molecule has 0 spiro atoms. The molecule has 0 bridgehead atoms. The molecule has 1 aliphatic carbocycles. The van der Waals surface area contributed by atoms with E-state index >= 15 is 0 Å². The number of nitrogens with zero attached hydrogens (tertiary/aromatic N) is 2. The Morgan fingerprint density at radius 3 is 2.55 bits per heavy atom. The maximum absolute atomic E-state index is 12.7. The number of benzene rings is 2. The molecule has 0 radical (unpaired) electrons. The lowest BCUT2D eigenvalue weighted by atomic mass is 10.0. The van der Waals surface area contributed by atoms with Crippen molar-refractivity contribution in [3.8, 4) is 28.4 Å².